The maximum absolute atomic E-state index is 12.6. The summed E-state index contributed by atoms with van der Waals surface area (Å²) in [6.07, 6.45) is -1.98. The Hall–Kier alpha value is -1.03. The van der Waals surface area contributed by atoms with E-state index in [2.05, 4.69) is 5.32 Å². The second-order valence-corrected chi connectivity index (χ2v) is 4.24. The number of hydrogen-bond donors (Lipinski definition) is 1. The summed E-state index contributed by atoms with van der Waals surface area (Å²) in [5.41, 5.74) is 0.549. The van der Waals surface area contributed by atoms with E-state index in [4.69, 9.17) is 0 Å². The van der Waals surface area contributed by atoms with E-state index in [1.54, 1.807) is 6.07 Å². The van der Waals surface area contributed by atoms with Crippen molar-refractivity contribution in [1.82, 2.24) is 5.32 Å². The highest BCUT2D eigenvalue weighted by Gasteiger charge is 2.32. The van der Waals surface area contributed by atoms with Crippen LogP contribution in [0.2, 0.25) is 0 Å². The summed E-state index contributed by atoms with van der Waals surface area (Å²) in [5.74, 6) is 0. The van der Waals surface area contributed by atoms with E-state index in [1.807, 2.05) is 0 Å². The van der Waals surface area contributed by atoms with E-state index >= 15 is 0 Å². The van der Waals surface area contributed by atoms with Gasteiger partial charge in [0.05, 0.1) is 5.56 Å². The number of hydrogen-bond acceptors (Lipinski definition) is 1. The van der Waals surface area contributed by atoms with Crippen molar-refractivity contribution in [2.75, 3.05) is 0 Å². The van der Waals surface area contributed by atoms with Crippen LogP contribution in [0.5, 0.6) is 0 Å². The van der Waals surface area contributed by atoms with Crippen molar-refractivity contribution in [1.29, 1.82) is 0 Å². The van der Waals surface area contributed by atoms with Crippen molar-refractivity contribution >= 4 is 0 Å². The molecule has 2 rings (SSSR count). The molecule has 88 valence electrons. The van der Waals surface area contributed by atoms with E-state index < -0.39 is 11.7 Å². The van der Waals surface area contributed by atoms with Crippen LogP contribution in [0.3, 0.4) is 0 Å². The molecule has 0 aromatic heterocycles. The van der Waals surface area contributed by atoms with Gasteiger partial charge in [-0.2, -0.15) is 13.2 Å². The summed E-state index contributed by atoms with van der Waals surface area (Å²) >= 11 is 0. The van der Waals surface area contributed by atoms with Gasteiger partial charge in [0.15, 0.2) is 0 Å². The molecule has 4 heteroatoms. The lowest BCUT2D eigenvalue weighted by atomic mass is 10.0. The number of rotatable bonds is 3. The molecule has 0 bridgehead atoms. The minimum absolute atomic E-state index is 0.336. The molecule has 1 aliphatic rings. The fourth-order valence-electron chi connectivity index (χ4n) is 1.72. The first kappa shape index (κ1) is 11.5. The van der Waals surface area contributed by atoms with Gasteiger partial charge in [-0.3, -0.25) is 0 Å². The van der Waals surface area contributed by atoms with E-state index in [1.165, 1.54) is 13.0 Å². The molecule has 1 saturated carbocycles. The lowest BCUT2D eigenvalue weighted by Gasteiger charge is -2.14. The van der Waals surface area contributed by atoms with Crippen LogP contribution in [0, 0.1) is 6.92 Å². The van der Waals surface area contributed by atoms with Gasteiger partial charge in [-0.15, -0.1) is 0 Å². The van der Waals surface area contributed by atoms with Crippen LogP contribution in [-0.4, -0.2) is 6.04 Å². The topological polar surface area (TPSA) is 12.0 Å². The largest absolute Gasteiger partial charge is 0.416 e. The van der Waals surface area contributed by atoms with Gasteiger partial charge in [-0.05, 0) is 37.0 Å². The van der Waals surface area contributed by atoms with Crippen molar-refractivity contribution in [3.05, 3.63) is 34.9 Å². The number of halogens is 3. The van der Waals surface area contributed by atoms with Gasteiger partial charge in [0.25, 0.3) is 0 Å². The van der Waals surface area contributed by atoms with Crippen LogP contribution in [0.15, 0.2) is 18.2 Å². The number of nitrogens with one attached hydrogen (secondary N) is 1. The summed E-state index contributed by atoms with van der Waals surface area (Å²) in [4.78, 5) is 0. The zero-order chi connectivity index (χ0) is 11.8. The summed E-state index contributed by atoms with van der Waals surface area (Å²) in [6, 6.07) is 4.87. The van der Waals surface area contributed by atoms with Gasteiger partial charge in [-0.1, -0.05) is 12.1 Å². The monoisotopic (exact) mass is 229 g/mol. The van der Waals surface area contributed by atoms with Crippen molar-refractivity contribution in [2.24, 2.45) is 0 Å². The van der Waals surface area contributed by atoms with Crippen LogP contribution in [-0.2, 0) is 12.7 Å². The fourth-order valence-corrected chi connectivity index (χ4v) is 1.72. The molecule has 1 aromatic rings. The zero-order valence-corrected chi connectivity index (χ0v) is 9.06. The third kappa shape index (κ3) is 2.55. The van der Waals surface area contributed by atoms with Crippen LogP contribution in [0.1, 0.15) is 29.5 Å². The van der Waals surface area contributed by atoms with Crippen molar-refractivity contribution in [2.45, 2.75) is 38.5 Å². The van der Waals surface area contributed by atoms with Crippen molar-refractivity contribution in [3.8, 4) is 0 Å². The maximum Gasteiger partial charge on any atom is 0.416 e. The zero-order valence-electron chi connectivity index (χ0n) is 9.06. The Balaban J connectivity index is 2.17. The minimum Gasteiger partial charge on any atom is -0.310 e. The van der Waals surface area contributed by atoms with Crippen LogP contribution in [0.4, 0.5) is 13.2 Å². The molecule has 1 aromatic carbocycles. The molecule has 0 heterocycles. The molecule has 1 N–H and O–H groups in total. The summed E-state index contributed by atoms with van der Waals surface area (Å²) in [7, 11) is 0. The Morgan fingerprint density at radius 2 is 2.00 bits per heavy atom. The van der Waals surface area contributed by atoms with Gasteiger partial charge < -0.3 is 5.32 Å². The lowest BCUT2D eigenvalue weighted by molar-refractivity contribution is -0.138. The smallest absolute Gasteiger partial charge is 0.310 e. The standard InChI is InChI=1S/C12H14F3N/c1-8-9(7-16-10-5-6-10)3-2-4-11(8)12(13,14)15/h2-4,10,16H,5-7H2,1H3. The molecule has 0 atom stereocenters. The highest BCUT2D eigenvalue weighted by atomic mass is 19.4. The second kappa shape index (κ2) is 4.09. The molecule has 0 spiro atoms. The third-order valence-electron chi connectivity index (χ3n) is 2.91. The Morgan fingerprint density at radius 3 is 2.56 bits per heavy atom. The van der Waals surface area contributed by atoms with Gasteiger partial charge >= 0.3 is 6.18 Å². The van der Waals surface area contributed by atoms with Gasteiger partial charge in [-0.25, -0.2) is 0 Å². The van der Waals surface area contributed by atoms with Crippen molar-refractivity contribution in [3.63, 3.8) is 0 Å². The molecule has 0 amide bonds. The average molecular weight is 229 g/mol. The van der Waals surface area contributed by atoms with Gasteiger partial charge in [0, 0.05) is 12.6 Å². The van der Waals surface area contributed by atoms with Crippen molar-refractivity contribution < 1.29 is 13.2 Å². The maximum atomic E-state index is 12.6. The molecule has 1 aliphatic carbocycles. The van der Waals surface area contributed by atoms with Gasteiger partial charge in [0.1, 0.15) is 0 Å². The Kier molecular flexibility index (Phi) is 2.93. The molecular weight excluding hydrogens is 215 g/mol. The average Bonchev–Trinajstić information content (AvgIpc) is 2.98. The first-order valence-electron chi connectivity index (χ1n) is 5.37. The minimum atomic E-state index is -4.25. The van der Waals surface area contributed by atoms with E-state index in [9.17, 15) is 13.2 Å². The summed E-state index contributed by atoms with van der Waals surface area (Å²) in [6.45, 7) is 2.06. The quantitative estimate of drug-likeness (QED) is 0.838. The first-order chi connectivity index (χ1) is 7.48. The van der Waals surface area contributed by atoms with Crippen LogP contribution < -0.4 is 5.32 Å². The molecular formula is C12H14F3N. The number of alkyl halides is 3. The normalized spacial score (nSPS) is 16.5. The summed E-state index contributed by atoms with van der Waals surface area (Å²) < 4.78 is 37.9. The predicted octanol–water partition coefficient (Wildman–Crippen LogP) is 3.27. The molecule has 16 heavy (non-hydrogen) atoms. The first-order valence-corrected chi connectivity index (χ1v) is 5.37. The Morgan fingerprint density at radius 1 is 1.31 bits per heavy atom. The number of benzene rings is 1. The van der Waals surface area contributed by atoms with E-state index in [0.717, 1.165) is 24.5 Å². The molecule has 1 fully saturated rings. The molecule has 1 nitrogen and oxygen atoms in total. The highest BCUT2D eigenvalue weighted by molar-refractivity contribution is 5.36. The van der Waals surface area contributed by atoms with E-state index in [-0.39, 0.29) is 0 Å². The second-order valence-electron chi connectivity index (χ2n) is 4.24. The third-order valence-corrected chi connectivity index (χ3v) is 2.91. The SMILES string of the molecule is Cc1c(CNC2CC2)cccc1C(F)(F)F. The van der Waals surface area contributed by atoms with Crippen LogP contribution >= 0.6 is 0 Å². The van der Waals surface area contributed by atoms with Gasteiger partial charge in [0.2, 0.25) is 0 Å². The molecule has 0 aliphatic heterocycles. The molecule has 0 saturated heterocycles. The molecule has 0 radical (unpaired) electrons. The summed E-state index contributed by atoms with van der Waals surface area (Å²) in [5, 5.41) is 3.23. The highest BCUT2D eigenvalue weighted by Crippen LogP contribution is 2.33. The van der Waals surface area contributed by atoms with E-state index in [0.29, 0.717) is 18.2 Å². The Bertz CT molecular complexity index is 380. The van der Waals surface area contributed by atoms with Crippen LogP contribution in [0.25, 0.3) is 0 Å². The fraction of sp³-hybridized carbons (Fsp3) is 0.500. The lowest BCUT2D eigenvalue weighted by Crippen LogP contribution is -2.17. The predicted molar refractivity (Wildman–Crippen MR) is 56.0 cm³/mol. The molecule has 0 unspecified atom stereocenters. The Labute approximate surface area is 92.7 Å².